The van der Waals surface area contributed by atoms with E-state index in [0.29, 0.717) is 4.47 Å². The molecule has 0 heterocycles. The largest absolute Gasteiger partial charge is 0.417 e. The Kier molecular flexibility index (Phi) is 4.01. The van der Waals surface area contributed by atoms with Gasteiger partial charge < -0.3 is 5.32 Å². The van der Waals surface area contributed by atoms with Crippen LogP contribution in [0.2, 0.25) is 0 Å². The normalized spacial score (nSPS) is 11.4. The fraction of sp³-hybridized carbons (Fsp3) is 0.222. The van der Waals surface area contributed by atoms with Crippen LogP contribution in [0, 0.1) is 0 Å². The molecule has 0 aliphatic heterocycles. The molecule has 0 saturated carbocycles. The fourth-order valence-corrected chi connectivity index (χ4v) is 2.37. The van der Waals surface area contributed by atoms with E-state index in [9.17, 15) is 18.0 Å². The van der Waals surface area contributed by atoms with Gasteiger partial charge >= 0.3 is 6.18 Å². The van der Waals surface area contributed by atoms with Gasteiger partial charge in [0.15, 0.2) is 0 Å². The topological polar surface area (TPSA) is 29.1 Å². The SMILES string of the molecule is CC(=O)Nc1cc(C(F)(F)F)c(Br)cc1Br. The average Bonchev–Trinajstić information content (AvgIpc) is 2.06. The molecule has 0 bridgehead atoms. The molecule has 1 aromatic carbocycles. The third-order valence-corrected chi connectivity index (χ3v) is 2.99. The number of alkyl halides is 3. The summed E-state index contributed by atoms with van der Waals surface area (Å²) in [6, 6.07) is 2.11. The number of carbonyl (C=O) groups is 1. The smallest absolute Gasteiger partial charge is 0.325 e. The lowest BCUT2D eigenvalue weighted by molar-refractivity contribution is -0.138. The van der Waals surface area contributed by atoms with Crippen LogP contribution in [0.15, 0.2) is 21.1 Å². The van der Waals surface area contributed by atoms with Crippen LogP contribution in [-0.4, -0.2) is 5.91 Å². The number of carbonyl (C=O) groups excluding carboxylic acids is 1. The van der Waals surface area contributed by atoms with E-state index in [4.69, 9.17) is 0 Å². The number of hydrogen-bond donors (Lipinski definition) is 1. The molecule has 1 rings (SSSR count). The van der Waals surface area contributed by atoms with E-state index in [-0.39, 0.29) is 10.2 Å². The van der Waals surface area contributed by atoms with Crippen molar-refractivity contribution in [1.82, 2.24) is 0 Å². The molecule has 0 radical (unpaired) electrons. The summed E-state index contributed by atoms with van der Waals surface area (Å²) in [4.78, 5) is 10.8. The first-order chi connectivity index (χ1) is 7.21. The molecule has 1 aromatic rings. The van der Waals surface area contributed by atoms with E-state index in [1.807, 2.05) is 0 Å². The van der Waals surface area contributed by atoms with Crippen LogP contribution in [0.3, 0.4) is 0 Å². The second-order valence-corrected chi connectivity index (χ2v) is 4.70. The third-order valence-electron chi connectivity index (χ3n) is 1.67. The van der Waals surface area contributed by atoms with Crippen LogP contribution >= 0.6 is 31.9 Å². The summed E-state index contributed by atoms with van der Waals surface area (Å²) in [6.07, 6.45) is -4.47. The molecule has 1 amide bonds. The van der Waals surface area contributed by atoms with Gasteiger partial charge in [0.1, 0.15) is 0 Å². The summed E-state index contributed by atoms with van der Waals surface area (Å²) in [5, 5.41) is 2.31. The molecule has 0 unspecified atom stereocenters. The van der Waals surface area contributed by atoms with Gasteiger partial charge in [0.05, 0.1) is 11.3 Å². The molecule has 0 saturated heterocycles. The second-order valence-electron chi connectivity index (χ2n) is 2.99. The minimum absolute atomic E-state index is 0.0824. The monoisotopic (exact) mass is 359 g/mol. The second kappa shape index (κ2) is 4.75. The number of benzene rings is 1. The van der Waals surface area contributed by atoms with Crippen molar-refractivity contribution >= 4 is 43.5 Å². The Morgan fingerprint density at radius 3 is 2.25 bits per heavy atom. The van der Waals surface area contributed by atoms with Crippen LogP contribution in [0.4, 0.5) is 18.9 Å². The molecule has 0 aliphatic rings. The maximum absolute atomic E-state index is 12.5. The molecule has 7 heteroatoms. The molecular formula is C9H6Br2F3NO. The summed E-state index contributed by atoms with van der Waals surface area (Å²) in [7, 11) is 0. The van der Waals surface area contributed by atoms with Crippen LogP contribution in [-0.2, 0) is 11.0 Å². The van der Waals surface area contributed by atoms with Gasteiger partial charge in [0, 0.05) is 15.9 Å². The van der Waals surface area contributed by atoms with Gasteiger partial charge in [-0.05, 0) is 28.1 Å². The molecule has 16 heavy (non-hydrogen) atoms. The van der Waals surface area contributed by atoms with Gasteiger partial charge in [-0.1, -0.05) is 15.9 Å². The molecule has 0 atom stereocenters. The minimum atomic E-state index is -4.47. The summed E-state index contributed by atoms with van der Waals surface area (Å²) >= 11 is 5.88. The van der Waals surface area contributed by atoms with E-state index < -0.39 is 17.6 Å². The molecule has 0 aliphatic carbocycles. The zero-order valence-electron chi connectivity index (χ0n) is 7.95. The zero-order chi connectivity index (χ0) is 12.5. The Balaban J connectivity index is 3.27. The van der Waals surface area contributed by atoms with Gasteiger partial charge in [-0.3, -0.25) is 4.79 Å². The summed E-state index contributed by atoms with van der Waals surface area (Å²) in [5.41, 5.74) is -0.748. The minimum Gasteiger partial charge on any atom is -0.325 e. The number of nitrogens with one attached hydrogen (secondary N) is 1. The van der Waals surface area contributed by atoms with Gasteiger partial charge in [0.2, 0.25) is 5.91 Å². The predicted molar refractivity (Wildman–Crippen MR) is 61.1 cm³/mol. The Labute approximate surface area is 106 Å². The van der Waals surface area contributed by atoms with E-state index in [1.165, 1.54) is 13.0 Å². The van der Waals surface area contributed by atoms with Crippen molar-refractivity contribution in [2.24, 2.45) is 0 Å². The first kappa shape index (κ1) is 13.5. The first-order valence-corrected chi connectivity index (χ1v) is 5.64. The third kappa shape index (κ3) is 3.21. The Morgan fingerprint density at radius 2 is 1.81 bits per heavy atom. The van der Waals surface area contributed by atoms with E-state index in [2.05, 4.69) is 37.2 Å². The summed E-state index contributed by atoms with van der Waals surface area (Å²) in [6.45, 7) is 1.22. The number of amides is 1. The molecular weight excluding hydrogens is 355 g/mol. The van der Waals surface area contributed by atoms with Gasteiger partial charge in [0.25, 0.3) is 0 Å². The predicted octanol–water partition coefficient (Wildman–Crippen LogP) is 4.19. The van der Waals surface area contributed by atoms with E-state index in [0.717, 1.165) is 6.07 Å². The molecule has 0 spiro atoms. The lowest BCUT2D eigenvalue weighted by Gasteiger charge is -2.13. The van der Waals surface area contributed by atoms with Crippen molar-refractivity contribution in [2.75, 3.05) is 5.32 Å². The highest BCUT2D eigenvalue weighted by atomic mass is 79.9. The van der Waals surface area contributed by atoms with Crippen molar-refractivity contribution in [3.8, 4) is 0 Å². The Morgan fingerprint density at radius 1 is 1.25 bits per heavy atom. The standard InChI is InChI=1S/C9H6Br2F3NO/c1-4(16)15-8-2-5(9(12,13)14)6(10)3-7(8)11/h2-3H,1H3,(H,15,16). The first-order valence-electron chi connectivity index (χ1n) is 4.05. The van der Waals surface area contributed by atoms with Crippen LogP contribution in [0.5, 0.6) is 0 Å². The number of anilines is 1. The van der Waals surface area contributed by atoms with E-state index in [1.54, 1.807) is 0 Å². The molecule has 0 aromatic heterocycles. The Hall–Kier alpha value is -0.560. The van der Waals surface area contributed by atoms with Crippen LogP contribution in [0.25, 0.3) is 0 Å². The van der Waals surface area contributed by atoms with Crippen LogP contribution in [0.1, 0.15) is 12.5 Å². The molecule has 88 valence electrons. The molecule has 2 nitrogen and oxygen atoms in total. The lowest BCUT2D eigenvalue weighted by atomic mass is 10.2. The maximum atomic E-state index is 12.5. The number of rotatable bonds is 1. The highest BCUT2D eigenvalue weighted by Gasteiger charge is 2.33. The van der Waals surface area contributed by atoms with Crippen molar-refractivity contribution < 1.29 is 18.0 Å². The van der Waals surface area contributed by atoms with E-state index >= 15 is 0 Å². The molecule has 1 N–H and O–H groups in total. The number of hydrogen-bond acceptors (Lipinski definition) is 1. The van der Waals surface area contributed by atoms with Gasteiger partial charge in [-0.25, -0.2) is 0 Å². The van der Waals surface area contributed by atoms with Gasteiger partial charge in [-0.2, -0.15) is 13.2 Å². The quantitative estimate of drug-likeness (QED) is 0.799. The van der Waals surface area contributed by atoms with Crippen LogP contribution < -0.4 is 5.32 Å². The van der Waals surface area contributed by atoms with Crippen molar-refractivity contribution in [2.45, 2.75) is 13.1 Å². The van der Waals surface area contributed by atoms with Crippen molar-refractivity contribution in [3.05, 3.63) is 26.6 Å². The summed E-state index contributed by atoms with van der Waals surface area (Å²) in [5.74, 6) is -0.434. The number of halogens is 5. The Bertz CT molecular complexity index is 431. The molecule has 0 fully saturated rings. The van der Waals surface area contributed by atoms with Crippen molar-refractivity contribution in [1.29, 1.82) is 0 Å². The highest BCUT2D eigenvalue weighted by Crippen LogP contribution is 2.39. The zero-order valence-corrected chi connectivity index (χ0v) is 11.1. The fourth-order valence-electron chi connectivity index (χ4n) is 1.05. The van der Waals surface area contributed by atoms with Crippen molar-refractivity contribution in [3.63, 3.8) is 0 Å². The average molecular weight is 361 g/mol. The van der Waals surface area contributed by atoms with Gasteiger partial charge in [-0.15, -0.1) is 0 Å². The maximum Gasteiger partial charge on any atom is 0.417 e. The summed E-state index contributed by atoms with van der Waals surface area (Å²) < 4.78 is 37.9. The lowest BCUT2D eigenvalue weighted by Crippen LogP contribution is -2.10. The highest BCUT2D eigenvalue weighted by molar-refractivity contribution is 9.11.